The van der Waals surface area contributed by atoms with Crippen LogP contribution < -0.4 is 11.1 Å². The second-order valence-electron chi connectivity index (χ2n) is 7.36. The third-order valence-corrected chi connectivity index (χ3v) is 4.86. The molecule has 3 rings (SSSR count). The fourth-order valence-corrected chi connectivity index (χ4v) is 3.07. The second kappa shape index (κ2) is 7.48. The highest BCUT2D eigenvalue weighted by Gasteiger charge is 2.20. The van der Waals surface area contributed by atoms with Gasteiger partial charge < -0.3 is 16.2 Å². The first-order valence-corrected chi connectivity index (χ1v) is 9.27. The number of aromatic nitrogens is 5. The molecule has 0 aliphatic carbocycles. The van der Waals surface area contributed by atoms with Crippen molar-refractivity contribution in [3.63, 3.8) is 0 Å². The fourth-order valence-electron chi connectivity index (χ4n) is 3.07. The Morgan fingerprint density at radius 3 is 2.75 bits per heavy atom. The molecule has 0 bridgehead atoms. The monoisotopic (exact) mass is 382 g/mol. The zero-order chi connectivity index (χ0) is 20.5. The van der Waals surface area contributed by atoms with Crippen molar-refractivity contribution in [2.24, 2.45) is 0 Å². The van der Waals surface area contributed by atoms with Gasteiger partial charge in [-0.25, -0.2) is 14.3 Å². The van der Waals surface area contributed by atoms with Gasteiger partial charge in [-0.3, -0.25) is 4.68 Å². The third-order valence-electron chi connectivity index (χ3n) is 4.86. The number of hydrogen-bond acceptors (Lipinski definition) is 6. The van der Waals surface area contributed by atoms with Gasteiger partial charge in [-0.1, -0.05) is 6.92 Å². The lowest BCUT2D eigenvalue weighted by Gasteiger charge is -2.22. The van der Waals surface area contributed by atoms with Gasteiger partial charge in [0.05, 0.1) is 30.1 Å². The molecular formula is C19H26N8O. The number of nitrogens with zero attached hydrogens (tertiary/aromatic N) is 6. The zero-order valence-corrected chi connectivity index (χ0v) is 16.7. The van der Waals surface area contributed by atoms with Gasteiger partial charge in [0.1, 0.15) is 11.6 Å². The van der Waals surface area contributed by atoms with Crippen LogP contribution in [0.1, 0.15) is 37.7 Å². The number of aliphatic hydroxyl groups is 1. The molecule has 0 aliphatic heterocycles. The van der Waals surface area contributed by atoms with Crippen molar-refractivity contribution in [2.75, 3.05) is 24.2 Å². The summed E-state index contributed by atoms with van der Waals surface area (Å²) in [5.74, 6) is 0.754. The maximum Gasteiger partial charge on any atom is 0.268 e. The minimum Gasteiger partial charge on any atom is -0.394 e. The highest BCUT2D eigenvalue weighted by molar-refractivity contribution is 5.80. The van der Waals surface area contributed by atoms with E-state index in [0.717, 1.165) is 23.4 Å². The molecule has 148 valence electrons. The maximum atomic E-state index is 9.47. The first kappa shape index (κ1) is 19.6. The van der Waals surface area contributed by atoms with E-state index in [2.05, 4.69) is 25.3 Å². The van der Waals surface area contributed by atoms with E-state index >= 15 is 0 Å². The Morgan fingerprint density at radius 2 is 2.11 bits per heavy atom. The lowest BCUT2D eigenvalue weighted by molar-refractivity contribution is 0.152. The Labute approximate surface area is 164 Å². The van der Waals surface area contributed by atoms with Gasteiger partial charge in [0.25, 0.3) is 5.69 Å². The molecule has 4 N–H and O–H groups in total. The van der Waals surface area contributed by atoms with Crippen LogP contribution in [0.2, 0.25) is 0 Å². The number of fused-ring (bicyclic) bond motifs is 1. The Morgan fingerprint density at radius 1 is 1.36 bits per heavy atom. The molecule has 0 spiro atoms. The van der Waals surface area contributed by atoms with Crippen molar-refractivity contribution in [1.29, 1.82) is 0 Å². The summed E-state index contributed by atoms with van der Waals surface area (Å²) in [6.07, 6.45) is 3.30. The fraction of sp³-hybridized carbons (Fsp3) is 0.474. The summed E-state index contributed by atoms with van der Waals surface area (Å²) < 4.78 is 3.31. The zero-order valence-electron chi connectivity index (χ0n) is 16.7. The van der Waals surface area contributed by atoms with Gasteiger partial charge in [-0.15, -0.1) is 0 Å². The first-order chi connectivity index (χ1) is 13.3. The molecule has 0 aromatic carbocycles. The van der Waals surface area contributed by atoms with E-state index in [-0.39, 0.29) is 12.3 Å². The predicted molar refractivity (Wildman–Crippen MR) is 109 cm³/mol. The molecule has 28 heavy (non-hydrogen) atoms. The summed E-state index contributed by atoms with van der Waals surface area (Å²) >= 11 is 0. The highest BCUT2D eigenvalue weighted by Crippen LogP contribution is 2.32. The van der Waals surface area contributed by atoms with Crippen LogP contribution in [0.4, 0.5) is 17.3 Å². The Balaban J connectivity index is 1.82. The van der Waals surface area contributed by atoms with E-state index in [0.29, 0.717) is 30.2 Å². The summed E-state index contributed by atoms with van der Waals surface area (Å²) in [7, 11) is 0. The summed E-state index contributed by atoms with van der Waals surface area (Å²) in [6, 6.07) is 1.93. The minimum absolute atomic E-state index is 0.00841. The summed E-state index contributed by atoms with van der Waals surface area (Å²) in [6.45, 7) is 15.8. The van der Waals surface area contributed by atoms with Crippen LogP contribution in [0.5, 0.6) is 0 Å². The molecule has 0 amide bonds. The van der Waals surface area contributed by atoms with Crippen LogP contribution in [0.15, 0.2) is 12.3 Å². The van der Waals surface area contributed by atoms with Gasteiger partial charge in [0.2, 0.25) is 0 Å². The molecule has 0 saturated carbocycles. The van der Waals surface area contributed by atoms with Crippen molar-refractivity contribution in [3.05, 3.63) is 40.6 Å². The van der Waals surface area contributed by atoms with Crippen molar-refractivity contribution in [1.82, 2.24) is 24.4 Å². The molecular weight excluding hydrogens is 356 g/mol. The summed E-state index contributed by atoms with van der Waals surface area (Å²) in [5, 5.41) is 21.6. The van der Waals surface area contributed by atoms with E-state index < -0.39 is 5.54 Å². The molecule has 0 aliphatic rings. The summed E-state index contributed by atoms with van der Waals surface area (Å²) in [5.41, 5.74) is 9.47. The smallest absolute Gasteiger partial charge is 0.268 e. The Kier molecular flexibility index (Phi) is 5.25. The number of aliphatic hydroxyl groups excluding tert-OH is 1. The molecule has 3 heterocycles. The van der Waals surface area contributed by atoms with Gasteiger partial charge in [-0.2, -0.15) is 10.2 Å². The normalized spacial score (nSPS) is 11.7. The van der Waals surface area contributed by atoms with E-state index in [1.807, 2.05) is 40.0 Å². The van der Waals surface area contributed by atoms with Gasteiger partial charge in [-0.05, 0) is 33.3 Å². The van der Waals surface area contributed by atoms with Crippen molar-refractivity contribution < 1.29 is 5.11 Å². The number of nitrogen functional groups attached to an aromatic ring is 1. The topological polar surface area (TPSA) is 111 Å². The third kappa shape index (κ3) is 3.39. The molecule has 3 aromatic rings. The number of anilines is 2. The quantitative estimate of drug-likeness (QED) is 0.541. The van der Waals surface area contributed by atoms with Gasteiger partial charge >= 0.3 is 0 Å². The van der Waals surface area contributed by atoms with Crippen LogP contribution in [0, 0.1) is 13.5 Å². The SMILES string of the molecule is [C-]#[N+]c1c(NCCc2ccn(C(C)(C)CO)n2)nc2c(CC)c(C)nn2c1N. The molecule has 0 fully saturated rings. The molecule has 9 heteroatoms. The largest absolute Gasteiger partial charge is 0.394 e. The van der Waals surface area contributed by atoms with Crippen LogP contribution >= 0.6 is 0 Å². The number of rotatable bonds is 7. The van der Waals surface area contributed by atoms with Crippen LogP contribution in [-0.2, 0) is 18.4 Å². The number of nitrogens with two attached hydrogens (primary N) is 1. The highest BCUT2D eigenvalue weighted by atomic mass is 16.3. The van der Waals surface area contributed by atoms with Crippen molar-refractivity contribution in [2.45, 2.75) is 46.1 Å². The van der Waals surface area contributed by atoms with Crippen LogP contribution in [0.3, 0.4) is 0 Å². The second-order valence-corrected chi connectivity index (χ2v) is 7.36. The number of hydrogen-bond donors (Lipinski definition) is 3. The van der Waals surface area contributed by atoms with Crippen LogP contribution in [-0.4, -0.2) is 42.6 Å². The molecule has 9 nitrogen and oxygen atoms in total. The van der Waals surface area contributed by atoms with Gasteiger partial charge in [0, 0.05) is 24.7 Å². The molecule has 0 unspecified atom stereocenters. The summed E-state index contributed by atoms with van der Waals surface area (Å²) in [4.78, 5) is 8.17. The van der Waals surface area contributed by atoms with E-state index in [1.54, 1.807) is 9.20 Å². The lowest BCUT2D eigenvalue weighted by Crippen LogP contribution is -2.31. The molecule has 3 aromatic heterocycles. The van der Waals surface area contributed by atoms with Crippen molar-refractivity contribution in [3.8, 4) is 0 Å². The number of nitrogens with one attached hydrogen (secondary N) is 1. The van der Waals surface area contributed by atoms with E-state index in [9.17, 15) is 5.11 Å². The number of aryl methyl sites for hydroxylation is 2. The van der Waals surface area contributed by atoms with Crippen molar-refractivity contribution >= 4 is 23.0 Å². The lowest BCUT2D eigenvalue weighted by atomic mass is 10.1. The maximum absolute atomic E-state index is 9.47. The van der Waals surface area contributed by atoms with E-state index in [4.69, 9.17) is 12.3 Å². The minimum atomic E-state index is -0.444. The Hall–Kier alpha value is -3.12. The average Bonchev–Trinajstić information content (AvgIpc) is 3.27. The Bertz CT molecular complexity index is 1040. The average molecular weight is 382 g/mol. The standard InChI is InChI=1S/C19H26N8O/c1-6-14-12(2)24-27-16(20)15(21-5)17(23-18(14)27)22-9-7-13-8-10-26(25-13)19(3,4)11-28/h8,10,28H,6-7,9,11,20H2,1-4H3,(H,22,23). The predicted octanol–water partition coefficient (Wildman–Crippen LogP) is 2.31. The van der Waals surface area contributed by atoms with E-state index in [1.165, 1.54) is 0 Å². The first-order valence-electron chi connectivity index (χ1n) is 9.27. The molecule has 0 saturated heterocycles. The van der Waals surface area contributed by atoms with Crippen LogP contribution in [0.25, 0.3) is 10.5 Å². The molecule has 0 atom stereocenters. The van der Waals surface area contributed by atoms with Gasteiger partial charge in [0.15, 0.2) is 5.65 Å². The molecule has 0 radical (unpaired) electrons.